The minimum Gasteiger partial charge on any atom is -0.356 e. The molecule has 4 rings (SSSR count). The van der Waals surface area contributed by atoms with Crippen LogP contribution < -0.4 is 15.5 Å². The molecule has 0 atom stereocenters. The predicted octanol–water partition coefficient (Wildman–Crippen LogP) is 3.40. The molecule has 2 amide bonds. The topological polar surface area (TPSA) is 85.9 Å². The molecule has 8 heteroatoms. The van der Waals surface area contributed by atoms with E-state index in [0.29, 0.717) is 5.02 Å². The van der Waals surface area contributed by atoms with E-state index >= 15 is 0 Å². The van der Waals surface area contributed by atoms with Crippen LogP contribution in [0, 0.1) is 0 Å². The number of aromatic nitrogens is 3. The number of halogens is 1. The third-order valence-electron chi connectivity index (χ3n) is 4.56. The molecule has 0 saturated carbocycles. The van der Waals surface area contributed by atoms with Gasteiger partial charge in [0.2, 0.25) is 0 Å². The summed E-state index contributed by atoms with van der Waals surface area (Å²) in [6, 6.07) is 9.00. The van der Waals surface area contributed by atoms with E-state index in [0.717, 1.165) is 48.5 Å². The number of benzene rings is 1. The Morgan fingerprint density at radius 1 is 1.15 bits per heavy atom. The molecule has 3 aromatic rings. The van der Waals surface area contributed by atoms with E-state index in [-0.39, 0.29) is 12.1 Å². The molecule has 1 aromatic carbocycles. The standard InChI is InChI=1S/C18H19ClN6O/c19-12-1-3-13(4-2-12)23-18(26)24-14-6-9-25(10-7-14)17-15-5-8-20-16(15)21-11-22-17/h1-5,8,11,14H,6-7,9-10H2,(H,20,21,22)(H2,23,24,26). The first-order chi connectivity index (χ1) is 12.7. The van der Waals surface area contributed by atoms with Crippen LogP contribution in [0.25, 0.3) is 11.0 Å². The highest BCUT2D eigenvalue weighted by molar-refractivity contribution is 6.30. The number of carbonyl (C=O) groups is 1. The van der Waals surface area contributed by atoms with Gasteiger partial charge in [0.1, 0.15) is 17.8 Å². The molecule has 134 valence electrons. The zero-order chi connectivity index (χ0) is 17.9. The second kappa shape index (κ2) is 7.21. The van der Waals surface area contributed by atoms with Gasteiger partial charge >= 0.3 is 6.03 Å². The van der Waals surface area contributed by atoms with Gasteiger partial charge in [0.25, 0.3) is 0 Å². The molecule has 0 bridgehead atoms. The van der Waals surface area contributed by atoms with Gasteiger partial charge in [-0.25, -0.2) is 14.8 Å². The van der Waals surface area contributed by atoms with Crippen molar-refractivity contribution in [1.82, 2.24) is 20.3 Å². The first-order valence-electron chi connectivity index (χ1n) is 8.55. The summed E-state index contributed by atoms with van der Waals surface area (Å²) in [6.07, 6.45) is 5.18. The number of hydrogen-bond donors (Lipinski definition) is 3. The van der Waals surface area contributed by atoms with E-state index in [4.69, 9.17) is 11.6 Å². The Kier molecular flexibility index (Phi) is 4.62. The van der Waals surface area contributed by atoms with Gasteiger partial charge in [-0.3, -0.25) is 0 Å². The number of hydrogen-bond acceptors (Lipinski definition) is 4. The SMILES string of the molecule is O=C(Nc1ccc(Cl)cc1)NC1CCN(c2ncnc3[nH]ccc23)CC1. The predicted molar refractivity (Wildman–Crippen MR) is 103 cm³/mol. The maximum Gasteiger partial charge on any atom is 0.319 e. The Bertz CT molecular complexity index is 901. The zero-order valence-electron chi connectivity index (χ0n) is 14.1. The van der Waals surface area contributed by atoms with Gasteiger partial charge in [-0.05, 0) is 43.2 Å². The fraction of sp³-hybridized carbons (Fsp3) is 0.278. The van der Waals surface area contributed by atoms with Gasteiger partial charge in [0.15, 0.2) is 0 Å². The monoisotopic (exact) mass is 370 g/mol. The molecule has 2 aromatic heterocycles. The highest BCUT2D eigenvalue weighted by Gasteiger charge is 2.23. The van der Waals surface area contributed by atoms with Gasteiger partial charge in [-0.1, -0.05) is 11.6 Å². The number of fused-ring (bicyclic) bond motifs is 1. The summed E-state index contributed by atoms with van der Waals surface area (Å²) in [6.45, 7) is 1.67. The molecular formula is C18H19ClN6O. The Morgan fingerprint density at radius 3 is 2.69 bits per heavy atom. The van der Waals surface area contributed by atoms with Gasteiger partial charge < -0.3 is 20.5 Å². The average Bonchev–Trinajstić information content (AvgIpc) is 3.13. The van der Waals surface area contributed by atoms with E-state index in [9.17, 15) is 4.79 Å². The lowest BCUT2D eigenvalue weighted by Gasteiger charge is -2.33. The van der Waals surface area contributed by atoms with Gasteiger partial charge in [-0.15, -0.1) is 0 Å². The maximum absolute atomic E-state index is 12.2. The van der Waals surface area contributed by atoms with E-state index < -0.39 is 0 Å². The van der Waals surface area contributed by atoms with Crippen molar-refractivity contribution in [3.63, 3.8) is 0 Å². The number of amides is 2. The van der Waals surface area contributed by atoms with Crippen LogP contribution in [-0.2, 0) is 0 Å². The zero-order valence-corrected chi connectivity index (χ0v) is 14.8. The number of H-pyrrole nitrogens is 1. The Hall–Kier alpha value is -2.80. The molecule has 26 heavy (non-hydrogen) atoms. The summed E-state index contributed by atoms with van der Waals surface area (Å²) in [5.74, 6) is 0.945. The van der Waals surface area contributed by atoms with E-state index in [1.165, 1.54) is 0 Å². The molecule has 3 N–H and O–H groups in total. The first kappa shape index (κ1) is 16.7. The van der Waals surface area contributed by atoms with Crippen LogP contribution in [0.3, 0.4) is 0 Å². The van der Waals surface area contributed by atoms with Gasteiger partial charge in [0, 0.05) is 36.0 Å². The molecule has 3 heterocycles. The van der Waals surface area contributed by atoms with Crippen molar-refractivity contribution >= 4 is 40.2 Å². The molecule has 0 radical (unpaired) electrons. The van der Waals surface area contributed by atoms with Crippen LogP contribution in [-0.4, -0.2) is 40.1 Å². The highest BCUT2D eigenvalue weighted by Crippen LogP contribution is 2.25. The number of piperidine rings is 1. The minimum atomic E-state index is -0.194. The smallest absolute Gasteiger partial charge is 0.319 e. The van der Waals surface area contributed by atoms with Crippen LogP contribution >= 0.6 is 11.6 Å². The van der Waals surface area contributed by atoms with Crippen LogP contribution in [0.15, 0.2) is 42.9 Å². The van der Waals surface area contributed by atoms with Gasteiger partial charge in [0.05, 0.1) is 5.39 Å². The van der Waals surface area contributed by atoms with Crippen LogP contribution in [0.4, 0.5) is 16.3 Å². The van der Waals surface area contributed by atoms with Crippen LogP contribution in [0.5, 0.6) is 0 Å². The lowest BCUT2D eigenvalue weighted by molar-refractivity contribution is 0.246. The molecule has 0 spiro atoms. The summed E-state index contributed by atoms with van der Waals surface area (Å²) in [5.41, 5.74) is 1.57. The minimum absolute atomic E-state index is 0.141. The first-order valence-corrected chi connectivity index (χ1v) is 8.93. The molecule has 1 aliphatic rings. The van der Waals surface area contributed by atoms with Crippen molar-refractivity contribution in [2.45, 2.75) is 18.9 Å². The second-order valence-corrected chi connectivity index (χ2v) is 6.74. The average molecular weight is 371 g/mol. The van der Waals surface area contributed by atoms with Crippen molar-refractivity contribution in [2.75, 3.05) is 23.3 Å². The lowest BCUT2D eigenvalue weighted by Crippen LogP contribution is -2.46. The van der Waals surface area contributed by atoms with Crippen LogP contribution in [0.1, 0.15) is 12.8 Å². The summed E-state index contributed by atoms with van der Waals surface area (Å²) in [7, 11) is 0. The second-order valence-electron chi connectivity index (χ2n) is 6.30. The normalized spacial score (nSPS) is 15.2. The van der Waals surface area contributed by atoms with Crippen molar-refractivity contribution in [2.24, 2.45) is 0 Å². The number of nitrogens with zero attached hydrogens (tertiary/aromatic N) is 3. The van der Waals surface area contributed by atoms with E-state index in [1.54, 1.807) is 30.6 Å². The number of urea groups is 1. The summed E-state index contributed by atoms with van der Waals surface area (Å²) in [5, 5.41) is 7.54. The fourth-order valence-corrected chi connectivity index (χ4v) is 3.36. The summed E-state index contributed by atoms with van der Waals surface area (Å²) < 4.78 is 0. The maximum atomic E-state index is 12.2. The molecule has 1 fully saturated rings. The summed E-state index contributed by atoms with van der Waals surface area (Å²) in [4.78, 5) is 26.2. The van der Waals surface area contributed by atoms with Crippen molar-refractivity contribution in [3.05, 3.63) is 47.9 Å². The number of nitrogens with one attached hydrogen (secondary N) is 3. The quantitative estimate of drug-likeness (QED) is 0.659. The number of carbonyl (C=O) groups excluding carboxylic acids is 1. The summed E-state index contributed by atoms with van der Waals surface area (Å²) >= 11 is 5.85. The third-order valence-corrected chi connectivity index (χ3v) is 4.82. The molecular weight excluding hydrogens is 352 g/mol. The van der Waals surface area contributed by atoms with Crippen molar-refractivity contribution < 1.29 is 4.79 Å². The highest BCUT2D eigenvalue weighted by atomic mass is 35.5. The molecule has 0 unspecified atom stereocenters. The third kappa shape index (κ3) is 3.57. The Morgan fingerprint density at radius 2 is 1.92 bits per heavy atom. The van der Waals surface area contributed by atoms with Crippen molar-refractivity contribution in [1.29, 1.82) is 0 Å². The number of rotatable bonds is 3. The number of aromatic amines is 1. The van der Waals surface area contributed by atoms with Crippen molar-refractivity contribution in [3.8, 4) is 0 Å². The lowest BCUT2D eigenvalue weighted by atomic mass is 10.1. The van der Waals surface area contributed by atoms with E-state index in [2.05, 4.69) is 30.5 Å². The van der Waals surface area contributed by atoms with Crippen LogP contribution in [0.2, 0.25) is 5.02 Å². The molecule has 7 nitrogen and oxygen atoms in total. The van der Waals surface area contributed by atoms with Gasteiger partial charge in [-0.2, -0.15) is 0 Å². The fourth-order valence-electron chi connectivity index (χ4n) is 3.23. The van der Waals surface area contributed by atoms with E-state index in [1.807, 2.05) is 12.3 Å². The molecule has 1 aliphatic heterocycles. The molecule has 0 aliphatic carbocycles. The molecule has 1 saturated heterocycles. The number of anilines is 2. The Labute approximate surface area is 155 Å². The largest absolute Gasteiger partial charge is 0.356 e. The Balaban J connectivity index is 1.33.